The lowest BCUT2D eigenvalue weighted by molar-refractivity contribution is -0.117. The lowest BCUT2D eigenvalue weighted by atomic mass is 10.1. The fraction of sp³-hybridized carbons (Fsp3) is 0.158. The Bertz CT molecular complexity index is 813. The van der Waals surface area contributed by atoms with Gasteiger partial charge in [-0.25, -0.2) is 0 Å². The summed E-state index contributed by atoms with van der Waals surface area (Å²) < 4.78 is 10.9. The molecular formula is C19H18N2O4. The second-order valence-corrected chi connectivity index (χ2v) is 5.55. The Morgan fingerprint density at radius 2 is 1.68 bits per heavy atom. The van der Waals surface area contributed by atoms with Crippen LogP contribution in [0.25, 0.3) is 6.08 Å². The number of rotatable bonds is 3. The molecule has 3 rings (SSSR count). The first-order valence-electron chi connectivity index (χ1n) is 7.86. The second-order valence-electron chi connectivity index (χ2n) is 5.55. The van der Waals surface area contributed by atoms with Crippen LogP contribution in [0.3, 0.4) is 0 Å². The van der Waals surface area contributed by atoms with Crippen molar-refractivity contribution in [2.45, 2.75) is 6.92 Å². The Hall–Kier alpha value is -3.28. The van der Waals surface area contributed by atoms with Gasteiger partial charge in [0.2, 0.25) is 0 Å². The number of carbonyl (C=O) groups excluding carboxylic acids is 2. The number of ether oxygens (including phenoxy) is 2. The third-order valence-electron chi connectivity index (χ3n) is 3.61. The van der Waals surface area contributed by atoms with Crippen LogP contribution in [0.2, 0.25) is 0 Å². The van der Waals surface area contributed by atoms with Gasteiger partial charge in [-0.05, 0) is 42.8 Å². The van der Waals surface area contributed by atoms with Crippen LogP contribution in [0.1, 0.15) is 21.5 Å². The molecule has 1 aliphatic rings. The molecule has 0 radical (unpaired) electrons. The van der Waals surface area contributed by atoms with Gasteiger partial charge in [0.1, 0.15) is 13.2 Å². The summed E-state index contributed by atoms with van der Waals surface area (Å²) in [6.45, 7) is 2.98. The van der Waals surface area contributed by atoms with E-state index in [1.165, 1.54) is 6.08 Å². The summed E-state index contributed by atoms with van der Waals surface area (Å²) in [6.07, 6.45) is 2.96. The van der Waals surface area contributed by atoms with Crippen LogP contribution >= 0.6 is 0 Å². The minimum atomic E-state index is -0.435. The van der Waals surface area contributed by atoms with Crippen molar-refractivity contribution in [1.29, 1.82) is 0 Å². The van der Waals surface area contributed by atoms with Gasteiger partial charge in [-0.1, -0.05) is 23.8 Å². The molecule has 2 aromatic carbocycles. The molecule has 0 bridgehead atoms. The predicted molar refractivity (Wildman–Crippen MR) is 93.3 cm³/mol. The molecule has 6 nitrogen and oxygen atoms in total. The van der Waals surface area contributed by atoms with Gasteiger partial charge in [-0.3, -0.25) is 20.4 Å². The summed E-state index contributed by atoms with van der Waals surface area (Å²) in [6, 6.07) is 12.5. The van der Waals surface area contributed by atoms with E-state index in [4.69, 9.17) is 9.47 Å². The quantitative estimate of drug-likeness (QED) is 0.665. The highest BCUT2D eigenvalue weighted by Crippen LogP contribution is 2.30. The van der Waals surface area contributed by atoms with Crippen molar-refractivity contribution in [2.24, 2.45) is 0 Å². The maximum atomic E-state index is 11.9. The van der Waals surface area contributed by atoms with Crippen molar-refractivity contribution < 1.29 is 19.1 Å². The molecule has 0 atom stereocenters. The first-order valence-corrected chi connectivity index (χ1v) is 7.86. The van der Waals surface area contributed by atoms with Crippen LogP contribution in [0.15, 0.2) is 48.5 Å². The zero-order valence-corrected chi connectivity index (χ0v) is 13.7. The van der Waals surface area contributed by atoms with Crippen molar-refractivity contribution in [3.8, 4) is 11.5 Å². The van der Waals surface area contributed by atoms with Gasteiger partial charge in [0.15, 0.2) is 11.5 Å². The molecule has 0 fully saturated rings. The summed E-state index contributed by atoms with van der Waals surface area (Å²) in [5.41, 5.74) is 7.04. The SMILES string of the molecule is Cc1ccc(C(=O)NNC(=O)/C=C/c2ccc3c(c2)OCCO3)cc1. The zero-order valence-electron chi connectivity index (χ0n) is 13.7. The maximum absolute atomic E-state index is 11.9. The van der Waals surface area contributed by atoms with Crippen LogP contribution in [0.4, 0.5) is 0 Å². The smallest absolute Gasteiger partial charge is 0.269 e. The molecular weight excluding hydrogens is 320 g/mol. The molecule has 128 valence electrons. The van der Waals surface area contributed by atoms with E-state index in [9.17, 15) is 9.59 Å². The molecule has 0 aromatic heterocycles. The molecule has 0 unspecified atom stereocenters. The highest BCUT2D eigenvalue weighted by Gasteiger charge is 2.11. The number of hydrazine groups is 1. The van der Waals surface area contributed by atoms with Crippen molar-refractivity contribution in [3.63, 3.8) is 0 Å². The Labute approximate surface area is 145 Å². The zero-order chi connectivity index (χ0) is 17.6. The van der Waals surface area contributed by atoms with Gasteiger partial charge in [-0.15, -0.1) is 0 Å². The van der Waals surface area contributed by atoms with Gasteiger partial charge in [-0.2, -0.15) is 0 Å². The lowest BCUT2D eigenvalue weighted by Gasteiger charge is -2.18. The van der Waals surface area contributed by atoms with Crippen LogP contribution < -0.4 is 20.3 Å². The Morgan fingerprint density at radius 3 is 2.44 bits per heavy atom. The third-order valence-corrected chi connectivity index (χ3v) is 3.61. The fourth-order valence-corrected chi connectivity index (χ4v) is 2.27. The molecule has 1 aliphatic heterocycles. The summed E-state index contributed by atoms with van der Waals surface area (Å²) in [5, 5.41) is 0. The molecule has 0 aliphatic carbocycles. The highest BCUT2D eigenvalue weighted by atomic mass is 16.6. The van der Waals surface area contributed by atoms with Gasteiger partial charge >= 0.3 is 0 Å². The van der Waals surface area contributed by atoms with Gasteiger partial charge in [0.05, 0.1) is 0 Å². The first-order chi connectivity index (χ1) is 12.1. The van der Waals surface area contributed by atoms with E-state index in [2.05, 4.69) is 10.9 Å². The van der Waals surface area contributed by atoms with E-state index in [1.54, 1.807) is 30.3 Å². The Balaban J connectivity index is 1.54. The van der Waals surface area contributed by atoms with Gasteiger partial charge in [0, 0.05) is 11.6 Å². The van der Waals surface area contributed by atoms with E-state index in [-0.39, 0.29) is 5.91 Å². The molecule has 0 spiro atoms. The van der Waals surface area contributed by atoms with Crippen molar-refractivity contribution in [3.05, 3.63) is 65.2 Å². The summed E-state index contributed by atoms with van der Waals surface area (Å²) in [5.74, 6) is 0.538. The largest absolute Gasteiger partial charge is 0.486 e. The number of benzene rings is 2. The first kappa shape index (κ1) is 16.6. The molecule has 0 saturated heterocycles. The van der Waals surface area contributed by atoms with Crippen LogP contribution in [0, 0.1) is 6.92 Å². The standard InChI is InChI=1S/C19H18N2O4/c1-13-2-6-15(7-3-13)19(23)21-20-18(22)9-5-14-4-8-16-17(12-14)25-11-10-24-16/h2-9,12H,10-11H2,1H3,(H,20,22)(H,21,23)/b9-5+. The molecule has 1 heterocycles. The molecule has 0 saturated carbocycles. The number of aryl methyl sites for hydroxylation is 1. The van der Waals surface area contributed by atoms with Crippen LogP contribution in [0.5, 0.6) is 11.5 Å². The highest BCUT2D eigenvalue weighted by molar-refractivity contribution is 5.97. The van der Waals surface area contributed by atoms with E-state index >= 15 is 0 Å². The normalized spacial score (nSPS) is 12.7. The molecule has 2 N–H and O–H groups in total. The van der Waals surface area contributed by atoms with E-state index in [0.29, 0.717) is 30.3 Å². The maximum Gasteiger partial charge on any atom is 0.269 e. The van der Waals surface area contributed by atoms with Gasteiger partial charge < -0.3 is 9.47 Å². The second kappa shape index (κ2) is 7.53. The Morgan fingerprint density at radius 1 is 0.960 bits per heavy atom. The number of fused-ring (bicyclic) bond motifs is 1. The van der Waals surface area contributed by atoms with Crippen LogP contribution in [-0.2, 0) is 4.79 Å². The molecule has 2 aromatic rings. The van der Waals surface area contributed by atoms with E-state index < -0.39 is 5.91 Å². The Kier molecular flexibility index (Phi) is 4.99. The topological polar surface area (TPSA) is 76.7 Å². The minimum absolute atomic E-state index is 0.374. The average Bonchev–Trinajstić information content (AvgIpc) is 2.65. The average molecular weight is 338 g/mol. The van der Waals surface area contributed by atoms with E-state index in [1.807, 2.05) is 25.1 Å². The van der Waals surface area contributed by atoms with Crippen molar-refractivity contribution >= 4 is 17.9 Å². The monoisotopic (exact) mass is 338 g/mol. The molecule has 6 heteroatoms. The van der Waals surface area contributed by atoms with Gasteiger partial charge in [0.25, 0.3) is 11.8 Å². The number of nitrogens with one attached hydrogen (secondary N) is 2. The van der Waals surface area contributed by atoms with Crippen molar-refractivity contribution in [1.82, 2.24) is 10.9 Å². The number of hydrogen-bond donors (Lipinski definition) is 2. The number of amides is 2. The van der Waals surface area contributed by atoms with Crippen LogP contribution in [-0.4, -0.2) is 25.0 Å². The third kappa shape index (κ3) is 4.38. The number of hydrogen-bond acceptors (Lipinski definition) is 4. The van der Waals surface area contributed by atoms with Crippen molar-refractivity contribution in [2.75, 3.05) is 13.2 Å². The van der Waals surface area contributed by atoms with E-state index in [0.717, 1.165) is 11.1 Å². The minimum Gasteiger partial charge on any atom is -0.486 e. The number of carbonyl (C=O) groups is 2. The summed E-state index contributed by atoms with van der Waals surface area (Å²) in [7, 11) is 0. The predicted octanol–water partition coefficient (Wildman–Crippen LogP) is 2.24. The molecule has 2 amide bonds. The molecule has 25 heavy (non-hydrogen) atoms. The lowest BCUT2D eigenvalue weighted by Crippen LogP contribution is -2.40. The fourth-order valence-electron chi connectivity index (χ4n) is 2.27. The summed E-state index contributed by atoms with van der Waals surface area (Å²) >= 11 is 0. The summed E-state index contributed by atoms with van der Waals surface area (Å²) in [4.78, 5) is 23.7.